The van der Waals surface area contributed by atoms with Gasteiger partial charge in [-0.15, -0.1) is 0 Å². The average molecular weight is 495 g/mol. The number of hydrazone groups is 1. The Bertz CT molecular complexity index is 1330. The summed E-state index contributed by atoms with van der Waals surface area (Å²) in [5.74, 6) is -0.0944. The van der Waals surface area contributed by atoms with E-state index in [9.17, 15) is 23.3 Å². The van der Waals surface area contributed by atoms with Crippen LogP contribution >= 0.6 is 0 Å². The minimum Gasteiger partial charge on any atom is -0.490 e. The Labute approximate surface area is 202 Å². The minimum atomic E-state index is -4.46. The van der Waals surface area contributed by atoms with Crippen molar-refractivity contribution in [3.8, 4) is 5.75 Å². The lowest BCUT2D eigenvalue weighted by atomic mass is 10.2. The maximum atomic E-state index is 13.4. The molecule has 3 aromatic rings. The predicted molar refractivity (Wildman–Crippen MR) is 132 cm³/mol. The Hall–Kier alpha value is -4.51. The number of carbonyl (C=O) groups excluding carboxylic acids is 1. The SMILES string of the molecule is C=CCOc1ccc(/C=N\NC(=O)CN(c2ccccc2)S(=O)(=O)c2ccccc2[N+](=O)[O-])cc1. The number of amides is 1. The van der Waals surface area contributed by atoms with Gasteiger partial charge in [0.25, 0.3) is 21.6 Å². The van der Waals surface area contributed by atoms with Gasteiger partial charge in [-0.1, -0.05) is 43.0 Å². The van der Waals surface area contributed by atoms with Crippen molar-refractivity contribution >= 4 is 33.5 Å². The minimum absolute atomic E-state index is 0.167. The Morgan fingerprint density at radius 2 is 1.71 bits per heavy atom. The van der Waals surface area contributed by atoms with Crippen LogP contribution in [0.5, 0.6) is 5.75 Å². The molecule has 0 saturated carbocycles. The van der Waals surface area contributed by atoms with Crippen LogP contribution in [0.4, 0.5) is 11.4 Å². The third-order valence-electron chi connectivity index (χ3n) is 4.61. The van der Waals surface area contributed by atoms with Gasteiger partial charge in [0.2, 0.25) is 0 Å². The van der Waals surface area contributed by atoms with Crippen molar-refractivity contribution in [2.45, 2.75) is 4.90 Å². The quantitative estimate of drug-likeness (QED) is 0.188. The topological polar surface area (TPSA) is 131 Å². The van der Waals surface area contributed by atoms with Crippen molar-refractivity contribution < 1.29 is 22.9 Å². The van der Waals surface area contributed by atoms with E-state index in [-0.39, 0.29) is 5.69 Å². The number of carbonyl (C=O) groups is 1. The summed E-state index contributed by atoms with van der Waals surface area (Å²) < 4.78 is 33.0. The van der Waals surface area contributed by atoms with E-state index >= 15 is 0 Å². The fraction of sp³-hybridized carbons (Fsp3) is 0.0833. The number of hydrogen-bond donors (Lipinski definition) is 1. The molecule has 3 rings (SSSR count). The fourth-order valence-electron chi connectivity index (χ4n) is 3.00. The van der Waals surface area contributed by atoms with Crippen LogP contribution in [0, 0.1) is 10.1 Å². The van der Waals surface area contributed by atoms with Crippen molar-refractivity contribution in [3.63, 3.8) is 0 Å². The lowest BCUT2D eigenvalue weighted by Crippen LogP contribution is -2.39. The maximum Gasteiger partial charge on any atom is 0.289 e. The molecule has 180 valence electrons. The second kappa shape index (κ2) is 11.6. The van der Waals surface area contributed by atoms with Crippen LogP contribution in [0.2, 0.25) is 0 Å². The summed E-state index contributed by atoms with van der Waals surface area (Å²) in [7, 11) is -4.46. The van der Waals surface area contributed by atoms with Gasteiger partial charge in [-0.25, -0.2) is 13.8 Å². The van der Waals surface area contributed by atoms with E-state index in [4.69, 9.17) is 4.74 Å². The molecular weight excluding hydrogens is 472 g/mol. The molecule has 1 N–H and O–H groups in total. The second-order valence-corrected chi connectivity index (χ2v) is 8.86. The van der Waals surface area contributed by atoms with E-state index in [0.29, 0.717) is 17.9 Å². The first-order valence-corrected chi connectivity index (χ1v) is 11.7. The summed E-state index contributed by atoms with van der Waals surface area (Å²) >= 11 is 0. The Kier molecular flexibility index (Phi) is 8.30. The number of sulfonamides is 1. The molecule has 0 spiro atoms. The zero-order chi connectivity index (χ0) is 25.3. The summed E-state index contributed by atoms with van der Waals surface area (Å²) in [5.41, 5.74) is 2.53. The van der Waals surface area contributed by atoms with Crippen molar-refractivity contribution in [2.75, 3.05) is 17.5 Å². The Morgan fingerprint density at radius 1 is 1.06 bits per heavy atom. The number of nitrogens with one attached hydrogen (secondary N) is 1. The molecule has 10 nitrogen and oxygen atoms in total. The highest BCUT2D eigenvalue weighted by atomic mass is 32.2. The molecule has 0 aliphatic rings. The molecule has 1 amide bonds. The standard InChI is InChI=1S/C24H22N4O6S/c1-2-16-34-21-14-12-19(13-15-21)17-25-26-24(29)18-27(20-8-4-3-5-9-20)35(32,33)23-11-7-6-10-22(23)28(30)31/h2-15,17H,1,16,18H2,(H,26,29)/b25-17-. The smallest absolute Gasteiger partial charge is 0.289 e. The number of nitro groups is 1. The predicted octanol–water partition coefficient (Wildman–Crippen LogP) is 3.51. The third-order valence-corrected chi connectivity index (χ3v) is 6.43. The first kappa shape index (κ1) is 25.1. The van der Waals surface area contributed by atoms with Crippen LogP contribution in [0.25, 0.3) is 0 Å². The Morgan fingerprint density at radius 3 is 2.37 bits per heavy atom. The summed E-state index contributed by atoms with van der Waals surface area (Å²) in [5, 5.41) is 15.3. The van der Waals surface area contributed by atoms with Gasteiger partial charge in [0, 0.05) is 6.07 Å². The first-order valence-electron chi connectivity index (χ1n) is 10.3. The molecule has 35 heavy (non-hydrogen) atoms. The van der Waals surface area contributed by atoms with Gasteiger partial charge in [-0.05, 0) is 48.0 Å². The molecule has 0 aliphatic heterocycles. The molecule has 0 radical (unpaired) electrons. The number of hydrogen-bond acceptors (Lipinski definition) is 7. The number of nitro benzene ring substituents is 1. The van der Waals surface area contributed by atoms with E-state index in [2.05, 4.69) is 17.1 Å². The van der Waals surface area contributed by atoms with Gasteiger partial charge in [0.15, 0.2) is 4.90 Å². The molecule has 0 fully saturated rings. The second-order valence-electron chi connectivity index (χ2n) is 7.03. The fourth-order valence-corrected chi connectivity index (χ4v) is 4.59. The number of anilines is 1. The number of nitrogens with zero attached hydrogens (tertiary/aromatic N) is 3. The molecule has 0 aromatic heterocycles. The van der Waals surface area contributed by atoms with E-state index in [1.54, 1.807) is 48.5 Å². The van der Waals surface area contributed by atoms with Gasteiger partial charge in [0.1, 0.15) is 18.9 Å². The highest BCUT2D eigenvalue weighted by Gasteiger charge is 2.33. The molecule has 0 unspecified atom stereocenters. The highest BCUT2D eigenvalue weighted by molar-refractivity contribution is 7.93. The van der Waals surface area contributed by atoms with Crippen molar-refractivity contribution in [1.82, 2.24) is 5.43 Å². The zero-order valence-corrected chi connectivity index (χ0v) is 19.3. The van der Waals surface area contributed by atoms with Crippen LogP contribution in [0.1, 0.15) is 5.56 Å². The molecule has 0 aliphatic carbocycles. The normalized spacial score (nSPS) is 11.1. The number of ether oxygens (including phenoxy) is 1. The van der Waals surface area contributed by atoms with Gasteiger partial charge < -0.3 is 4.74 Å². The molecule has 0 atom stereocenters. The van der Waals surface area contributed by atoms with Gasteiger partial charge in [-0.3, -0.25) is 19.2 Å². The first-order chi connectivity index (χ1) is 16.8. The van der Waals surface area contributed by atoms with Crippen LogP contribution in [0.15, 0.2) is 102 Å². The maximum absolute atomic E-state index is 13.4. The van der Waals surface area contributed by atoms with Crippen LogP contribution in [-0.4, -0.2) is 38.6 Å². The summed E-state index contributed by atoms with van der Waals surface area (Å²) in [6, 6.07) is 19.7. The number of para-hydroxylation sites is 2. The monoisotopic (exact) mass is 494 g/mol. The van der Waals surface area contributed by atoms with E-state index in [1.807, 2.05) is 0 Å². The molecular formula is C24H22N4O6S. The summed E-state index contributed by atoms with van der Waals surface area (Å²) in [4.78, 5) is 22.7. The zero-order valence-electron chi connectivity index (χ0n) is 18.5. The average Bonchev–Trinajstić information content (AvgIpc) is 2.87. The number of benzene rings is 3. The van der Waals surface area contributed by atoms with E-state index in [0.717, 1.165) is 16.4 Å². The van der Waals surface area contributed by atoms with Gasteiger partial charge >= 0.3 is 0 Å². The van der Waals surface area contributed by atoms with E-state index in [1.165, 1.54) is 30.5 Å². The number of rotatable bonds is 11. The lowest BCUT2D eigenvalue weighted by Gasteiger charge is -2.23. The van der Waals surface area contributed by atoms with Crippen molar-refractivity contribution in [2.24, 2.45) is 5.10 Å². The lowest BCUT2D eigenvalue weighted by molar-refractivity contribution is -0.387. The van der Waals surface area contributed by atoms with Gasteiger partial charge in [-0.2, -0.15) is 5.10 Å². The molecule has 0 heterocycles. The van der Waals surface area contributed by atoms with Crippen LogP contribution in [0.3, 0.4) is 0 Å². The molecule has 0 saturated heterocycles. The third kappa shape index (κ3) is 6.51. The highest BCUT2D eigenvalue weighted by Crippen LogP contribution is 2.29. The van der Waals surface area contributed by atoms with Crippen LogP contribution in [-0.2, 0) is 14.8 Å². The van der Waals surface area contributed by atoms with E-state index < -0.39 is 38.0 Å². The molecule has 0 bridgehead atoms. The van der Waals surface area contributed by atoms with Crippen molar-refractivity contribution in [3.05, 3.63) is 107 Å². The Balaban J connectivity index is 1.79. The summed E-state index contributed by atoms with van der Waals surface area (Å²) in [6.45, 7) is 3.30. The largest absolute Gasteiger partial charge is 0.490 e. The molecule has 11 heteroatoms. The van der Waals surface area contributed by atoms with Crippen LogP contribution < -0.4 is 14.5 Å². The molecule has 3 aromatic carbocycles. The summed E-state index contributed by atoms with van der Waals surface area (Å²) in [6.07, 6.45) is 3.01. The van der Waals surface area contributed by atoms with Crippen molar-refractivity contribution in [1.29, 1.82) is 0 Å². The van der Waals surface area contributed by atoms with Gasteiger partial charge in [0.05, 0.1) is 16.8 Å².